The lowest BCUT2D eigenvalue weighted by atomic mass is 10.2. The molecule has 0 radical (unpaired) electrons. The fourth-order valence-corrected chi connectivity index (χ4v) is 3.54. The Bertz CT molecular complexity index is 918. The maximum atomic E-state index is 12.6. The monoisotopic (exact) mass is 427 g/mol. The number of ether oxygens (including phenoxy) is 2. The predicted octanol–water partition coefficient (Wildman–Crippen LogP) is 0.796. The van der Waals surface area contributed by atoms with E-state index in [-0.39, 0.29) is 32.2 Å². The number of carbonyl (C=O) groups excluding carboxylic acids is 2. The second kappa shape index (κ2) is 8.19. The number of amides is 2. The van der Waals surface area contributed by atoms with Crippen LogP contribution in [-0.4, -0.2) is 82.0 Å². The molecule has 2 fully saturated rings. The molecule has 1 N–H and O–H groups in total. The van der Waals surface area contributed by atoms with Crippen molar-refractivity contribution in [2.24, 2.45) is 0 Å². The van der Waals surface area contributed by atoms with Crippen molar-refractivity contribution in [3.05, 3.63) is 30.2 Å². The van der Waals surface area contributed by atoms with Gasteiger partial charge in [0.1, 0.15) is 17.8 Å². The second-order valence-corrected chi connectivity index (χ2v) is 7.27. The molecule has 2 atom stereocenters. The summed E-state index contributed by atoms with van der Waals surface area (Å²) in [5.41, 5.74) is 0.747. The zero-order chi connectivity index (χ0) is 21.3. The Morgan fingerprint density at radius 3 is 2.57 bits per heavy atom. The Labute approximate surface area is 169 Å². The van der Waals surface area contributed by atoms with Gasteiger partial charge in [0.2, 0.25) is 5.91 Å². The van der Waals surface area contributed by atoms with Crippen LogP contribution in [0.2, 0.25) is 0 Å². The van der Waals surface area contributed by atoms with Gasteiger partial charge in [-0.2, -0.15) is 18.3 Å². The van der Waals surface area contributed by atoms with Gasteiger partial charge in [-0.3, -0.25) is 9.59 Å². The van der Waals surface area contributed by atoms with E-state index < -0.39 is 43.2 Å². The average Bonchev–Trinajstić information content (AvgIpc) is 3.27. The van der Waals surface area contributed by atoms with E-state index in [0.29, 0.717) is 11.2 Å². The maximum absolute atomic E-state index is 12.6. The van der Waals surface area contributed by atoms with E-state index in [1.54, 1.807) is 18.5 Å². The lowest BCUT2D eigenvalue weighted by Crippen LogP contribution is -2.41. The number of carbonyl (C=O) groups is 2. The van der Waals surface area contributed by atoms with Gasteiger partial charge in [-0.05, 0) is 6.07 Å². The molecule has 2 saturated heterocycles. The minimum atomic E-state index is -4.37. The number of fused-ring (bicyclic) bond motifs is 2. The first-order chi connectivity index (χ1) is 14.3. The van der Waals surface area contributed by atoms with Gasteiger partial charge >= 0.3 is 6.18 Å². The number of nitrogens with zero attached hydrogens (tertiary/aromatic N) is 4. The van der Waals surface area contributed by atoms with Gasteiger partial charge in [-0.15, -0.1) is 0 Å². The fourth-order valence-electron chi connectivity index (χ4n) is 3.54. The molecule has 0 bridgehead atoms. The topological polar surface area (TPSA) is 98.1 Å². The van der Waals surface area contributed by atoms with E-state index >= 15 is 0 Å². The minimum absolute atomic E-state index is 0.157. The number of rotatable bonds is 4. The number of hydrogen-bond donors (Lipinski definition) is 1. The Balaban J connectivity index is 1.30. The van der Waals surface area contributed by atoms with Crippen molar-refractivity contribution in [2.75, 3.05) is 26.3 Å². The Kier molecular flexibility index (Phi) is 5.60. The Hall–Kier alpha value is -2.73. The third-order valence-electron chi connectivity index (χ3n) is 5.07. The molecule has 0 aromatic carbocycles. The van der Waals surface area contributed by atoms with Crippen molar-refractivity contribution in [1.29, 1.82) is 0 Å². The normalized spacial score (nSPS) is 22.7. The zero-order valence-corrected chi connectivity index (χ0v) is 15.8. The molecule has 0 spiro atoms. The molecular formula is C18H20F3N5O4. The molecule has 0 unspecified atom stereocenters. The number of hydrogen-bond acceptors (Lipinski definition) is 6. The van der Waals surface area contributed by atoms with Crippen LogP contribution in [0, 0.1) is 0 Å². The summed E-state index contributed by atoms with van der Waals surface area (Å²) in [6, 6.07) is 1.28. The number of halogens is 3. The Morgan fingerprint density at radius 1 is 1.20 bits per heavy atom. The van der Waals surface area contributed by atoms with Gasteiger partial charge in [-0.25, -0.2) is 9.50 Å². The van der Waals surface area contributed by atoms with E-state index in [1.165, 1.54) is 15.6 Å². The minimum Gasteiger partial charge on any atom is -0.371 e. The smallest absolute Gasteiger partial charge is 0.371 e. The molecule has 162 valence electrons. The van der Waals surface area contributed by atoms with Crippen LogP contribution in [0.5, 0.6) is 0 Å². The molecule has 12 heteroatoms. The van der Waals surface area contributed by atoms with Gasteiger partial charge in [-0.1, -0.05) is 0 Å². The molecule has 30 heavy (non-hydrogen) atoms. The first-order valence-electron chi connectivity index (χ1n) is 9.47. The van der Waals surface area contributed by atoms with Crippen molar-refractivity contribution in [3.8, 4) is 0 Å². The number of nitrogens with one attached hydrogen (secondary N) is 1. The molecular weight excluding hydrogens is 407 g/mol. The largest absolute Gasteiger partial charge is 0.389 e. The maximum Gasteiger partial charge on any atom is 0.389 e. The van der Waals surface area contributed by atoms with E-state index in [0.717, 1.165) is 0 Å². The molecule has 2 aliphatic rings. The van der Waals surface area contributed by atoms with Crippen molar-refractivity contribution in [2.45, 2.75) is 37.3 Å². The first kappa shape index (κ1) is 20.5. The van der Waals surface area contributed by atoms with Crippen LogP contribution in [0.1, 0.15) is 23.2 Å². The third kappa shape index (κ3) is 4.54. The van der Waals surface area contributed by atoms with Crippen molar-refractivity contribution < 1.29 is 32.2 Å². The highest BCUT2D eigenvalue weighted by atomic mass is 19.4. The van der Waals surface area contributed by atoms with E-state index in [9.17, 15) is 22.8 Å². The van der Waals surface area contributed by atoms with Crippen LogP contribution in [0.3, 0.4) is 0 Å². The van der Waals surface area contributed by atoms with E-state index in [2.05, 4.69) is 15.4 Å². The van der Waals surface area contributed by atoms with Crippen LogP contribution < -0.4 is 5.32 Å². The van der Waals surface area contributed by atoms with Gasteiger partial charge in [0.15, 0.2) is 5.65 Å². The van der Waals surface area contributed by atoms with Crippen molar-refractivity contribution >= 4 is 17.5 Å². The summed E-state index contributed by atoms with van der Waals surface area (Å²) in [5.74, 6) is -0.935. The van der Waals surface area contributed by atoms with E-state index in [4.69, 9.17) is 9.47 Å². The number of alkyl halides is 3. The highest BCUT2D eigenvalue weighted by Crippen LogP contribution is 2.25. The van der Waals surface area contributed by atoms with Crippen LogP contribution in [0.25, 0.3) is 5.65 Å². The van der Waals surface area contributed by atoms with Crippen LogP contribution in [-0.2, 0) is 14.3 Å². The number of aromatic nitrogens is 3. The van der Waals surface area contributed by atoms with Crippen molar-refractivity contribution in [1.82, 2.24) is 24.8 Å². The SMILES string of the molecule is O=C(NC1CO[C@H]2CN(C(=O)CCC(F)(F)F)C[C@@H]2OC1)c1cnn2cccnc12. The fraction of sp³-hybridized carbons (Fsp3) is 0.556. The highest BCUT2D eigenvalue weighted by Gasteiger charge is 2.40. The van der Waals surface area contributed by atoms with Gasteiger partial charge in [0.25, 0.3) is 5.91 Å². The quantitative estimate of drug-likeness (QED) is 0.775. The highest BCUT2D eigenvalue weighted by molar-refractivity contribution is 5.99. The molecule has 2 aromatic rings. The average molecular weight is 427 g/mol. The molecule has 2 aromatic heterocycles. The van der Waals surface area contributed by atoms with Gasteiger partial charge in [0.05, 0.1) is 31.9 Å². The molecule has 0 saturated carbocycles. The number of likely N-dealkylation sites (tertiary alicyclic amines) is 1. The standard InChI is InChI=1S/C18H20F3N5O4/c19-18(20,21)3-2-15(27)25-7-13-14(8-25)30-10-11(9-29-13)24-17(28)12-6-23-26-5-1-4-22-16(12)26/h1,4-6,11,13-14H,2-3,7-10H2,(H,24,28)/t13-,14-/m0/s1. The van der Waals surface area contributed by atoms with Crippen LogP contribution >= 0.6 is 0 Å². The van der Waals surface area contributed by atoms with E-state index in [1.807, 2.05) is 0 Å². The van der Waals surface area contributed by atoms with Crippen molar-refractivity contribution in [3.63, 3.8) is 0 Å². The van der Waals surface area contributed by atoms with Crippen LogP contribution in [0.4, 0.5) is 13.2 Å². The molecule has 0 aliphatic carbocycles. The van der Waals surface area contributed by atoms with Crippen LogP contribution in [0.15, 0.2) is 24.7 Å². The second-order valence-electron chi connectivity index (χ2n) is 7.27. The molecule has 9 nitrogen and oxygen atoms in total. The molecule has 2 amide bonds. The lowest BCUT2D eigenvalue weighted by Gasteiger charge is -2.19. The summed E-state index contributed by atoms with van der Waals surface area (Å²) in [7, 11) is 0. The summed E-state index contributed by atoms with van der Waals surface area (Å²) >= 11 is 0. The zero-order valence-electron chi connectivity index (χ0n) is 15.8. The Morgan fingerprint density at radius 2 is 1.90 bits per heavy atom. The van der Waals surface area contributed by atoms with Gasteiger partial charge in [0, 0.05) is 31.9 Å². The third-order valence-corrected chi connectivity index (χ3v) is 5.07. The summed E-state index contributed by atoms with van der Waals surface area (Å²) in [4.78, 5) is 30.1. The first-order valence-corrected chi connectivity index (χ1v) is 9.47. The summed E-state index contributed by atoms with van der Waals surface area (Å²) in [6.45, 7) is 0.647. The predicted molar refractivity (Wildman–Crippen MR) is 95.6 cm³/mol. The summed E-state index contributed by atoms with van der Waals surface area (Å²) in [6.07, 6.45) is -2.32. The van der Waals surface area contributed by atoms with Gasteiger partial charge < -0.3 is 19.7 Å². The summed E-state index contributed by atoms with van der Waals surface area (Å²) in [5, 5.41) is 6.90. The molecule has 2 aliphatic heterocycles. The summed E-state index contributed by atoms with van der Waals surface area (Å²) < 4.78 is 50.0. The molecule has 4 rings (SSSR count). The lowest BCUT2D eigenvalue weighted by molar-refractivity contribution is -0.149. The molecule has 4 heterocycles.